The predicted octanol–water partition coefficient (Wildman–Crippen LogP) is 3.82. The largest absolute Gasteiger partial charge is 0.338 e. The summed E-state index contributed by atoms with van der Waals surface area (Å²) in [5.74, 6) is 1.90. The lowest BCUT2D eigenvalue weighted by Crippen LogP contribution is -2.28. The molecule has 0 spiro atoms. The molecule has 134 valence electrons. The first-order valence-corrected chi connectivity index (χ1v) is 9.10. The van der Waals surface area contributed by atoms with Gasteiger partial charge < -0.3 is 10.3 Å². The van der Waals surface area contributed by atoms with Gasteiger partial charge in [-0.3, -0.25) is 5.32 Å². The van der Waals surface area contributed by atoms with Crippen LogP contribution in [0.15, 0.2) is 30.6 Å². The zero-order chi connectivity index (χ0) is 17.9. The summed E-state index contributed by atoms with van der Waals surface area (Å²) in [7, 11) is 0. The van der Waals surface area contributed by atoms with Crippen molar-refractivity contribution in [1.82, 2.24) is 25.3 Å². The van der Waals surface area contributed by atoms with Crippen LogP contribution >= 0.6 is 0 Å². The number of carbonyl (C=O) groups is 1. The van der Waals surface area contributed by atoms with Crippen molar-refractivity contribution in [3.05, 3.63) is 36.4 Å². The fourth-order valence-electron chi connectivity index (χ4n) is 3.44. The number of aromatic amines is 1. The molecule has 0 aliphatic heterocycles. The minimum Gasteiger partial charge on any atom is -0.338 e. The summed E-state index contributed by atoms with van der Waals surface area (Å²) in [5.41, 5.74) is 3.64. The number of urea groups is 1. The number of aromatic nitrogens is 4. The van der Waals surface area contributed by atoms with Gasteiger partial charge in [0.15, 0.2) is 0 Å². The van der Waals surface area contributed by atoms with E-state index in [4.69, 9.17) is 0 Å². The van der Waals surface area contributed by atoms with Crippen LogP contribution in [0.2, 0.25) is 0 Å². The average Bonchev–Trinajstić information content (AvgIpc) is 3.31. The Morgan fingerprint density at radius 3 is 2.69 bits per heavy atom. The smallest absolute Gasteiger partial charge is 0.321 e. The molecule has 3 aromatic rings. The highest BCUT2D eigenvalue weighted by Gasteiger charge is 2.19. The molecular weight excluding hydrogens is 328 g/mol. The second-order valence-electron chi connectivity index (χ2n) is 6.61. The molecule has 7 heteroatoms. The van der Waals surface area contributed by atoms with E-state index in [1.54, 1.807) is 0 Å². The Labute approximate surface area is 151 Å². The van der Waals surface area contributed by atoms with Crippen LogP contribution in [0, 0.1) is 0 Å². The van der Waals surface area contributed by atoms with E-state index >= 15 is 0 Å². The molecule has 0 bridgehead atoms. The number of anilines is 1. The maximum Gasteiger partial charge on any atom is 0.321 e. The van der Waals surface area contributed by atoms with Crippen molar-refractivity contribution < 1.29 is 4.79 Å². The Morgan fingerprint density at radius 2 is 1.96 bits per heavy atom. The topological polar surface area (TPSA) is 95.6 Å². The molecule has 0 unspecified atom stereocenters. The number of benzene rings is 1. The summed E-state index contributed by atoms with van der Waals surface area (Å²) in [6.45, 7) is 2.43. The number of hydrogen-bond donors (Lipinski definition) is 3. The maximum absolute atomic E-state index is 11.6. The minimum atomic E-state index is -0.275. The molecule has 1 fully saturated rings. The number of imidazole rings is 1. The monoisotopic (exact) mass is 350 g/mol. The molecule has 0 radical (unpaired) electrons. The van der Waals surface area contributed by atoms with E-state index in [2.05, 4.69) is 30.6 Å². The third-order valence-electron chi connectivity index (χ3n) is 4.78. The maximum atomic E-state index is 11.6. The van der Waals surface area contributed by atoms with Crippen molar-refractivity contribution in [2.24, 2.45) is 0 Å². The molecular formula is C19H22N6O. The predicted molar refractivity (Wildman–Crippen MR) is 101 cm³/mol. The van der Waals surface area contributed by atoms with Gasteiger partial charge in [0.25, 0.3) is 0 Å². The normalized spacial score (nSPS) is 14.7. The van der Waals surface area contributed by atoms with Crippen molar-refractivity contribution in [3.63, 3.8) is 0 Å². The fourth-order valence-corrected chi connectivity index (χ4v) is 3.44. The quantitative estimate of drug-likeness (QED) is 0.666. The molecule has 1 aliphatic carbocycles. The van der Waals surface area contributed by atoms with E-state index in [1.165, 1.54) is 25.7 Å². The molecule has 3 N–H and O–H groups in total. The van der Waals surface area contributed by atoms with Gasteiger partial charge in [-0.25, -0.2) is 19.7 Å². The first-order valence-electron chi connectivity index (χ1n) is 9.10. The average molecular weight is 350 g/mol. The second kappa shape index (κ2) is 7.11. The molecule has 2 amide bonds. The van der Waals surface area contributed by atoms with Crippen molar-refractivity contribution in [2.45, 2.75) is 38.5 Å². The van der Waals surface area contributed by atoms with Gasteiger partial charge in [0, 0.05) is 30.4 Å². The Morgan fingerprint density at radius 1 is 1.19 bits per heavy atom. The van der Waals surface area contributed by atoms with Crippen LogP contribution in [0.1, 0.15) is 44.3 Å². The Balaban J connectivity index is 1.55. The van der Waals surface area contributed by atoms with Crippen LogP contribution in [0.4, 0.5) is 10.7 Å². The number of nitrogens with one attached hydrogen (secondary N) is 3. The Hall–Kier alpha value is -2.96. The van der Waals surface area contributed by atoms with Gasteiger partial charge in [-0.05, 0) is 37.5 Å². The van der Waals surface area contributed by atoms with Crippen LogP contribution in [-0.4, -0.2) is 32.5 Å². The molecule has 0 saturated heterocycles. The van der Waals surface area contributed by atoms with Gasteiger partial charge in [0.2, 0.25) is 5.95 Å². The molecule has 26 heavy (non-hydrogen) atoms. The third-order valence-corrected chi connectivity index (χ3v) is 4.78. The Kier molecular flexibility index (Phi) is 4.51. The molecule has 1 aromatic carbocycles. The van der Waals surface area contributed by atoms with Crippen LogP contribution in [-0.2, 0) is 0 Å². The summed E-state index contributed by atoms with van der Waals surface area (Å²) in [6.07, 6.45) is 8.73. The van der Waals surface area contributed by atoms with Crippen LogP contribution in [0.5, 0.6) is 0 Å². The SMILES string of the molecule is CCNC(=O)Nc1nc2ccc(-c3cnc(C4CCCC4)nc3)cc2[nH]1. The summed E-state index contributed by atoms with van der Waals surface area (Å²) in [6, 6.07) is 5.64. The highest BCUT2D eigenvalue weighted by molar-refractivity contribution is 5.90. The number of nitrogens with zero attached hydrogens (tertiary/aromatic N) is 3. The summed E-state index contributed by atoms with van der Waals surface area (Å²) in [4.78, 5) is 28.3. The number of H-pyrrole nitrogens is 1. The van der Waals surface area contributed by atoms with Crippen molar-refractivity contribution in [3.8, 4) is 11.1 Å². The van der Waals surface area contributed by atoms with Gasteiger partial charge in [-0.2, -0.15) is 0 Å². The van der Waals surface area contributed by atoms with E-state index in [-0.39, 0.29) is 6.03 Å². The van der Waals surface area contributed by atoms with Gasteiger partial charge in [-0.1, -0.05) is 18.9 Å². The van der Waals surface area contributed by atoms with Crippen LogP contribution in [0.25, 0.3) is 22.2 Å². The highest BCUT2D eigenvalue weighted by atomic mass is 16.2. The summed E-state index contributed by atoms with van der Waals surface area (Å²) >= 11 is 0. The first-order chi connectivity index (χ1) is 12.7. The highest BCUT2D eigenvalue weighted by Crippen LogP contribution is 2.32. The van der Waals surface area contributed by atoms with E-state index in [0.29, 0.717) is 18.4 Å². The van der Waals surface area contributed by atoms with E-state index in [1.807, 2.05) is 37.5 Å². The number of amides is 2. The molecule has 0 atom stereocenters. The number of hydrogen-bond acceptors (Lipinski definition) is 4. The van der Waals surface area contributed by atoms with Crippen molar-refractivity contribution >= 4 is 23.0 Å². The van der Waals surface area contributed by atoms with E-state index in [9.17, 15) is 4.79 Å². The molecule has 7 nitrogen and oxygen atoms in total. The van der Waals surface area contributed by atoms with E-state index in [0.717, 1.165) is 28.0 Å². The van der Waals surface area contributed by atoms with Gasteiger partial charge in [-0.15, -0.1) is 0 Å². The third kappa shape index (κ3) is 3.37. The molecule has 4 rings (SSSR count). The standard InChI is InChI=1S/C19H22N6O/c1-2-20-19(26)25-18-23-15-8-7-13(9-16(15)24-18)14-10-21-17(22-11-14)12-5-3-4-6-12/h7-12H,2-6H2,1H3,(H3,20,23,24,25,26). The Bertz CT molecular complexity index is 911. The van der Waals surface area contributed by atoms with E-state index < -0.39 is 0 Å². The first kappa shape index (κ1) is 16.5. The van der Waals surface area contributed by atoms with Crippen LogP contribution < -0.4 is 10.6 Å². The molecule has 1 saturated carbocycles. The lowest BCUT2D eigenvalue weighted by molar-refractivity contribution is 0.252. The van der Waals surface area contributed by atoms with Crippen molar-refractivity contribution in [2.75, 3.05) is 11.9 Å². The fraction of sp³-hybridized carbons (Fsp3) is 0.368. The van der Waals surface area contributed by atoms with Gasteiger partial charge in [0.1, 0.15) is 5.82 Å². The minimum absolute atomic E-state index is 0.275. The van der Waals surface area contributed by atoms with Gasteiger partial charge >= 0.3 is 6.03 Å². The number of fused-ring (bicyclic) bond motifs is 1. The zero-order valence-corrected chi connectivity index (χ0v) is 14.7. The number of rotatable bonds is 4. The zero-order valence-electron chi connectivity index (χ0n) is 14.7. The molecule has 1 aliphatic rings. The molecule has 2 heterocycles. The molecule has 2 aromatic heterocycles. The van der Waals surface area contributed by atoms with Gasteiger partial charge in [0.05, 0.1) is 11.0 Å². The van der Waals surface area contributed by atoms with Crippen molar-refractivity contribution in [1.29, 1.82) is 0 Å². The van der Waals surface area contributed by atoms with Crippen LogP contribution in [0.3, 0.4) is 0 Å². The lowest BCUT2D eigenvalue weighted by atomic mass is 10.1. The number of carbonyl (C=O) groups excluding carboxylic acids is 1. The summed E-state index contributed by atoms with van der Waals surface area (Å²) in [5, 5.41) is 5.37. The second-order valence-corrected chi connectivity index (χ2v) is 6.61. The lowest BCUT2D eigenvalue weighted by Gasteiger charge is -2.08. The summed E-state index contributed by atoms with van der Waals surface area (Å²) < 4.78 is 0.